The number of anilines is 1. The minimum Gasteiger partial charge on any atom is -0.503 e. The van der Waals surface area contributed by atoms with Gasteiger partial charge in [0.2, 0.25) is 5.13 Å². The number of carbonyl (C=O) groups is 2. The predicted molar refractivity (Wildman–Crippen MR) is 164 cm³/mol. The quantitative estimate of drug-likeness (QED) is 0.108. The highest BCUT2D eigenvalue weighted by Gasteiger charge is 2.45. The zero-order valence-corrected chi connectivity index (χ0v) is 24.5. The molecule has 5 rings (SSSR count). The predicted octanol–water partition coefficient (Wildman–Crippen LogP) is 7.46. The normalized spacial score (nSPS) is 15.2. The summed E-state index contributed by atoms with van der Waals surface area (Å²) in [6.45, 7) is 2.53. The van der Waals surface area contributed by atoms with Gasteiger partial charge in [0.1, 0.15) is 5.75 Å². The fraction of sp³-hybridized carbons (Fsp3) is 0.161. The van der Waals surface area contributed by atoms with Crippen LogP contribution in [0.25, 0.3) is 6.08 Å². The molecule has 0 spiro atoms. The highest BCUT2D eigenvalue weighted by atomic mass is 35.5. The van der Waals surface area contributed by atoms with Crippen LogP contribution in [0.2, 0.25) is 5.02 Å². The van der Waals surface area contributed by atoms with Gasteiger partial charge in [0.25, 0.3) is 5.91 Å². The smallest absolute Gasteiger partial charge is 0.296 e. The Labute approximate surface area is 251 Å². The summed E-state index contributed by atoms with van der Waals surface area (Å²) in [7, 11) is 0. The Kier molecular flexibility index (Phi) is 9.18. The summed E-state index contributed by atoms with van der Waals surface area (Å²) < 4.78 is 6.44. The average molecular weight is 604 g/mol. The number of thioether (sulfide) groups is 1. The van der Waals surface area contributed by atoms with E-state index >= 15 is 0 Å². The number of rotatable bonds is 11. The fourth-order valence-electron chi connectivity index (χ4n) is 4.30. The number of carbonyl (C=O) groups excluding carboxylic acids is 2. The molecule has 0 bridgehead atoms. The van der Waals surface area contributed by atoms with E-state index in [0.29, 0.717) is 33.0 Å². The van der Waals surface area contributed by atoms with E-state index < -0.39 is 23.5 Å². The maximum absolute atomic E-state index is 13.5. The van der Waals surface area contributed by atoms with Gasteiger partial charge in [-0.1, -0.05) is 108 Å². The Balaban J connectivity index is 1.48. The first kappa shape index (κ1) is 28.6. The molecule has 1 aromatic heterocycles. The van der Waals surface area contributed by atoms with E-state index in [0.717, 1.165) is 17.5 Å². The Morgan fingerprint density at radius 2 is 1.88 bits per heavy atom. The molecular formula is C31H26ClN3O4S2. The van der Waals surface area contributed by atoms with Gasteiger partial charge < -0.3 is 9.84 Å². The number of amides is 1. The molecule has 1 N–H and O–H groups in total. The second-order valence-electron chi connectivity index (χ2n) is 9.10. The largest absolute Gasteiger partial charge is 0.503 e. The lowest BCUT2D eigenvalue weighted by Crippen LogP contribution is -2.30. The van der Waals surface area contributed by atoms with Crippen molar-refractivity contribution in [3.63, 3.8) is 0 Å². The standard InChI is InChI=1S/C31H26ClN3O4S2/c1-2-17-39-23-13-8-12-21(18-23)27-26(25(36)16-15-20-9-4-3-5-10-20)28(37)29(38)35(27)30-33-34-31(41-30)40-19-22-11-6-7-14-24(22)32/h3-16,18,27,37H,2,17,19H2,1H3. The van der Waals surface area contributed by atoms with Crippen LogP contribution in [0.15, 0.2) is 101 Å². The zero-order chi connectivity index (χ0) is 28.8. The number of ketones is 1. The molecule has 41 heavy (non-hydrogen) atoms. The van der Waals surface area contributed by atoms with Gasteiger partial charge in [-0.3, -0.25) is 14.5 Å². The number of allylic oxidation sites excluding steroid dienone is 1. The third-order valence-electron chi connectivity index (χ3n) is 6.26. The van der Waals surface area contributed by atoms with Crippen molar-refractivity contribution < 1.29 is 19.4 Å². The second kappa shape index (κ2) is 13.2. The molecule has 1 unspecified atom stereocenters. The number of aromatic nitrogens is 2. The first-order chi connectivity index (χ1) is 20.0. The maximum atomic E-state index is 13.5. The van der Waals surface area contributed by atoms with Crippen molar-refractivity contribution in [2.75, 3.05) is 11.5 Å². The van der Waals surface area contributed by atoms with Crippen LogP contribution in [0.5, 0.6) is 5.75 Å². The number of nitrogens with zero attached hydrogens (tertiary/aromatic N) is 3. The van der Waals surface area contributed by atoms with E-state index in [2.05, 4.69) is 10.2 Å². The summed E-state index contributed by atoms with van der Waals surface area (Å²) in [5, 5.41) is 20.5. The SMILES string of the molecule is CCCOc1cccc(C2C(C(=O)C=Cc3ccccc3)=C(O)C(=O)N2c2nnc(SCc3ccccc3Cl)s2)c1. The van der Waals surface area contributed by atoms with Crippen molar-refractivity contribution in [3.05, 3.63) is 118 Å². The molecule has 7 nitrogen and oxygen atoms in total. The lowest BCUT2D eigenvalue weighted by molar-refractivity contribution is -0.117. The molecular weight excluding hydrogens is 578 g/mol. The Bertz CT molecular complexity index is 1620. The van der Waals surface area contributed by atoms with E-state index in [-0.39, 0.29) is 10.7 Å². The number of ether oxygens (including phenoxy) is 1. The van der Waals surface area contributed by atoms with E-state index in [1.807, 2.05) is 67.6 Å². The third kappa shape index (κ3) is 6.53. The van der Waals surface area contributed by atoms with Gasteiger partial charge in [-0.25, -0.2) is 0 Å². The summed E-state index contributed by atoms with van der Waals surface area (Å²) in [4.78, 5) is 28.3. The van der Waals surface area contributed by atoms with Crippen molar-refractivity contribution in [2.24, 2.45) is 0 Å². The van der Waals surface area contributed by atoms with Crippen LogP contribution in [0.3, 0.4) is 0 Å². The summed E-state index contributed by atoms with van der Waals surface area (Å²) in [6.07, 6.45) is 3.85. The highest BCUT2D eigenvalue weighted by molar-refractivity contribution is 8.00. The first-order valence-electron chi connectivity index (χ1n) is 12.9. The van der Waals surface area contributed by atoms with E-state index in [1.54, 1.807) is 24.3 Å². The molecule has 1 amide bonds. The number of hydrogen-bond acceptors (Lipinski definition) is 8. The molecule has 3 aromatic carbocycles. The van der Waals surface area contributed by atoms with Gasteiger partial charge >= 0.3 is 0 Å². The monoisotopic (exact) mass is 603 g/mol. The molecule has 1 aliphatic rings. The molecule has 0 aliphatic carbocycles. The van der Waals surface area contributed by atoms with Crippen LogP contribution < -0.4 is 9.64 Å². The van der Waals surface area contributed by atoms with Crippen molar-refractivity contribution >= 4 is 57.6 Å². The topological polar surface area (TPSA) is 92.6 Å². The van der Waals surface area contributed by atoms with Gasteiger partial charge in [0.15, 0.2) is 15.9 Å². The fourth-order valence-corrected chi connectivity index (χ4v) is 6.46. The van der Waals surface area contributed by atoms with Crippen molar-refractivity contribution in [1.82, 2.24) is 10.2 Å². The molecule has 1 atom stereocenters. The number of aliphatic hydroxyl groups excluding tert-OH is 1. The molecule has 0 radical (unpaired) electrons. The van der Waals surface area contributed by atoms with Crippen LogP contribution in [0.4, 0.5) is 5.13 Å². The zero-order valence-electron chi connectivity index (χ0n) is 22.1. The minimum absolute atomic E-state index is 0.0321. The van der Waals surface area contributed by atoms with Gasteiger partial charge in [-0.15, -0.1) is 10.2 Å². The van der Waals surface area contributed by atoms with Gasteiger partial charge in [-0.2, -0.15) is 0 Å². The van der Waals surface area contributed by atoms with Gasteiger partial charge in [0, 0.05) is 10.8 Å². The van der Waals surface area contributed by atoms with Crippen LogP contribution in [0.1, 0.15) is 36.1 Å². The highest BCUT2D eigenvalue weighted by Crippen LogP contribution is 2.44. The summed E-state index contributed by atoms with van der Waals surface area (Å²) in [5.74, 6) is -0.642. The molecule has 0 saturated heterocycles. The van der Waals surface area contributed by atoms with Crippen molar-refractivity contribution in [1.29, 1.82) is 0 Å². The molecule has 208 valence electrons. The van der Waals surface area contributed by atoms with Gasteiger partial charge in [-0.05, 0) is 47.4 Å². The number of hydrogen-bond donors (Lipinski definition) is 1. The molecule has 2 heterocycles. The summed E-state index contributed by atoms with van der Waals surface area (Å²) in [5.41, 5.74) is 2.34. The second-order valence-corrected chi connectivity index (χ2v) is 11.7. The van der Waals surface area contributed by atoms with Crippen LogP contribution in [-0.4, -0.2) is 33.6 Å². The molecule has 4 aromatic rings. The van der Waals surface area contributed by atoms with Crippen molar-refractivity contribution in [3.8, 4) is 5.75 Å². The molecule has 0 fully saturated rings. The minimum atomic E-state index is -0.921. The number of aliphatic hydroxyl groups is 1. The first-order valence-corrected chi connectivity index (χ1v) is 15.1. The number of benzene rings is 3. The lowest BCUT2D eigenvalue weighted by Gasteiger charge is -2.24. The maximum Gasteiger partial charge on any atom is 0.296 e. The average Bonchev–Trinajstić information content (AvgIpc) is 3.57. The Morgan fingerprint density at radius 3 is 2.66 bits per heavy atom. The van der Waals surface area contributed by atoms with Crippen LogP contribution in [0, 0.1) is 0 Å². The molecule has 0 saturated carbocycles. The lowest BCUT2D eigenvalue weighted by atomic mass is 9.95. The van der Waals surface area contributed by atoms with Crippen LogP contribution >= 0.6 is 34.7 Å². The van der Waals surface area contributed by atoms with E-state index in [4.69, 9.17) is 16.3 Å². The van der Waals surface area contributed by atoms with E-state index in [1.165, 1.54) is 34.1 Å². The van der Waals surface area contributed by atoms with Crippen LogP contribution in [-0.2, 0) is 15.3 Å². The molecule has 1 aliphatic heterocycles. The van der Waals surface area contributed by atoms with Crippen molar-refractivity contribution in [2.45, 2.75) is 29.5 Å². The summed E-state index contributed by atoms with van der Waals surface area (Å²) >= 11 is 8.94. The molecule has 10 heteroatoms. The Morgan fingerprint density at radius 1 is 1.10 bits per heavy atom. The summed E-state index contributed by atoms with van der Waals surface area (Å²) in [6, 6.07) is 23.1. The van der Waals surface area contributed by atoms with E-state index in [9.17, 15) is 14.7 Å². The van der Waals surface area contributed by atoms with Gasteiger partial charge in [0.05, 0.1) is 18.2 Å². The third-order valence-corrected chi connectivity index (χ3v) is 8.73. The Hall–Kier alpha value is -3.92. The number of halogens is 1.